The van der Waals surface area contributed by atoms with Crippen molar-refractivity contribution in [2.24, 2.45) is 17.3 Å². The summed E-state index contributed by atoms with van der Waals surface area (Å²) >= 11 is 3.47. The molecule has 130 valence electrons. The molecule has 3 aliphatic heterocycles. The van der Waals surface area contributed by atoms with Gasteiger partial charge in [0.1, 0.15) is 6.04 Å². The highest BCUT2D eigenvalue weighted by atomic mass is 79.9. The average molecular weight is 403 g/mol. The zero-order chi connectivity index (χ0) is 18.1. The summed E-state index contributed by atoms with van der Waals surface area (Å²) in [5.41, 5.74) is 1.27. The smallest absolute Gasteiger partial charge is 0.233 e. The van der Waals surface area contributed by atoms with Gasteiger partial charge in [-0.05, 0) is 23.8 Å². The third-order valence-electron chi connectivity index (χ3n) is 5.32. The van der Waals surface area contributed by atoms with Gasteiger partial charge in [-0.3, -0.25) is 19.7 Å². The number of Topliss-reactive ketones (excluding diaryl/α,β-unsaturated/α-hetero) is 1. The van der Waals surface area contributed by atoms with Crippen molar-refractivity contribution in [3.63, 3.8) is 0 Å². The topological polar surface area (TPSA) is 66.5 Å². The third kappa shape index (κ3) is 2.30. The largest absolute Gasteiger partial charge is 0.353 e. The summed E-state index contributed by atoms with van der Waals surface area (Å²) in [5.74, 6) is -1.78. The number of amides is 2. The van der Waals surface area contributed by atoms with Crippen molar-refractivity contribution in [3.8, 4) is 0 Å². The Morgan fingerprint density at radius 2 is 1.84 bits per heavy atom. The lowest BCUT2D eigenvalue weighted by molar-refractivity contribution is -0.132. The molecular formula is C19H19BrN2O3. The van der Waals surface area contributed by atoms with E-state index in [9.17, 15) is 14.4 Å². The van der Waals surface area contributed by atoms with Gasteiger partial charge in [-0.2, -0.15) is 0 Å². The lowest BCUT2D eigenvalue weighted by Crippen LogP contribution is -2.50. The minimum Gasteiger partial charge on any atom is -0.353 e. The zero-order valence-corrected chi connectivity index (χ0v) is 15.8. The number of hydrogen-bond acceptors (Lipinski definition) is 4. The number of rotatable bonds is 1. The molecule has 3 aliphatic rings. The number of halogens is 1. The van der Waals surface area contributed by atoms with E-state index >= 15 is 0 Å². The number of carbonyl (C=O) groups excluding carboxylic acids is 3. The number of anilines is 1. The fourth-order valence-electron chi connectivity index (χ4n) is 4.21. The molecule has 0 aromatic heterocycles. The Morgan fingerprint density at radius 3 is 2.52 bits per heavy atom. The molecule has 4 rings (SSSR count). The maximum Gasteiger partial charge on any atom is 0.233 e. The number of carbonyl (C=O) groups is 3. The van der Waals surface area contributed by atoms with Gasteiger partial charge in [-0.15, -0.1) is 0 Å². The van der Waals surface area contributed by atoms with E-state index in [2.05, 4.69) is 21.2 Å². The van der Waals surface area contributed by atoms with E-state index in [4.69, 9.17) is 0 Å². The highest BCUT2D eigenvalue weighted by Crippen LogP contribution is 2.48. The van der Waals surface area contributed by atoms with Crippen molar-refractivity contribution < 1.29 is 14.4 Å². The lowest BCUT2D eigenvalue weighted by atomic mass is 9.79. The van der Waals surface area contributed by atoms with Crippen LogP contribution in [0.15, 0.2) is 28.7 Å². The predicted octanol–water partition coefficient (Wildman–Crippen LogP) is 2.54. The van der Waals surface area contributed by atoms with Crippen LogP contribution in [0.5, 0.6) is 0 Å². The van der Waals surface area contributed by atoms with Crippen LogP contribution in [0.4, 0.5) is 5.69 Å². The van der Waals surface area contributed by atoms with Gasteiger partial charge in [0.25, 0.3) is 0 Å². The highest BCUT2D eigenvalue weighted by Gasteiger charge is 2.62. The molecular weight excluding hydrogens is 384 g/mol. The minimum absolute atomic E-state index is 0.0148. The molecule has 1 N–H and O–H groups in total. The molecule has 0 radical (unpaired) electrons. The molecule has 0 spiro atoms. The first-order valence-electron chi connectivity index (χ1n) is 8.35. The van der Waals surface area contributed by atoms with Gasteiger partial charge in [-0.25, -0.2) is 0 Å². The van der Waals surface area contributed by atoms with Gasteiger partial charge >= 0.3 is 0 Å². The van der Waals surface area contributed by atoms with E-state index in [0.717, 1.165) is 15.7 Å². The first kappa shape index (κ1) is 16.5. The Bertz CT molecular complexity index is 840. The third-order valence-corrected chi connectivity index (χ3v) is 5.81. The molecule has 6 heteroatoms. The summed E-state index contributed by atoms with van der Waals surface area (Å²) in [6.07, 6.45) is 3.92. The maximum atomic E-state index is 13.2. The number of hydrogen-bond donors (Lipinski definition) is 1. The Kier molecular flexibility index (Phi) is 3.48. The molecule has 2 fully saturated rings. The van der Waals surface area contributed by atoms with Crippen LogP contribution in [0.2, 0.25) is 0 Å². The van der Waals surface area contributed by atoms with Gasteiger partial charge in [0.2, 0.25) is 11.8 Å². The van der Waals surface area contributed by atoms with Crippen molar-refractivity contribution in [1.29, 1.82) is 0 Å². The van der Waals surface area contributed by atoms with Crippen LogP contribution in [-0.2, 0) is 14.4 Å². The predicted molar refractivity (Wildman–Crippen MR) is 97.8 cm³/mol. The Morgan fingerprint density at radius 1 is 1.16 bits per heavy atom. The van der Waals surface area contributed by atoms with Gasteiger partial charge < -0.3 is 4.90 Å². The van der Waals surface area contributed by atoms with Crippen LogP contribution in [0.3, 0.4) is 0 Å². The zero-order valence-electron chi connectivity index (χ0n) is 14.2. The second kappa shape index (κ2) is 5.27. The molecule has 2 amide bonds. The molecule has 0 bridgehead atoms. The van der Waals surface area contributed by atoms with Crippen LogP contribution < -0.4 is 10.2 Å². The van der Waals surface area contributed by atoms with Crippen molar-refractivity contribution in [3.05, 3.63) is 34.3 Å². The van der Waals surface area contributed by atoms with E-state index < -0.39 is 23.3 Å². The molecule has 0 saturated carbocycles. The second-order valence-electron chi connectivity index (χ2n) is 7.92. The van der Waals surface area contributed by atoms with E-state index in [1.54, 1.807) is 0 Å². The first-order chi connectivity index (χ1) is 11.7. The van der Waals surface area contributed by atoms with E-state index in [0.29, 0.717) is 0 Å². The number of benzene rings is 1. The van der Waals surface area contributed by atoms with Crippen LogP contribution >= 0.6 is 15.9 Å². The van der Waals surface area contributed by atoms with Gasteiger partial charge in [0, 0.05) is 15.6 Å². The minimum atomic E-state index is -0.636. The Labute approximate surface area is 154 Å². The van der Waals surface area contributed by atoms with E-state index in [-0.39, 0.29) is 23.6 Å². The van der Waals surface area contributed by atoms with Crippen LogP contribution in [0, 0.1) is 17.3 Å². The molecule has 25 heavy (non-hydrogen) atoms. The number of imide groups is 1. The Balaban J connectivity index is 1.90. The van der Waals surface area contributed by atoms with Crippen molar-refractivity contribution in [2.45, 2.75) is 32.9 Å². The van der Waals surface area contributed by atoms with Crippen LogP contribution in [0.25, 0.3) is 6.08 Å². The number of nitrogens with one attached hydrogen (secondary N) is 1. The molecule has 1 aromatic carbocycles. The maximum absolute atomic E-state index is 13.2. The average Bonchev–Trinajstić information content (AvgIpc) is 3.01. The van der Waals surface area contributed by atoms with Gasteiger partial charge in [-0.1, -0.05) is 48.9 Å². The van der Waals surface area contributed by atoms with Crippen LogP contribution in [0.1, 0.15) is 26.3 Å². The summed E-state index contributed by atoms with van der Waals surface area (Å²) in [5, 5.41) is 2.42. The molecule has 0 aliphatic carbocycles. The SMILES string of the molecule is CC(C)(C)C(=O)[C@@H]1[C@H]2C(=O)NC(=O)[C@@H]2[C@@H]2C=Cc3cc(Br)ccc3N12. The second-order valence-corrected chi connectivity index (χ2v) is 8.84. The van der Waals surface area contributed by atoms with E-state index in [1.165, 1.54) is 0 Å². The molecule has 2 saturated heterocycles. The van der Waals surface area contributed by atoms with Crippen LogP contribution in [-0.4, -0.2) is 29.7 Å². The van der Waals surface area contributed by atoms with E-state index in [1.807, 2.05) is 56.0 Å². The summed E-state index contributed by atoms with van der Waals surface area (Å²) < 4.78 is 0.946. The molecule has 1 aromatic rings. The summed E-state index contributed by atoms with van der Waals surface area (Å²) in [4.78, 5) is 40.1. The van der Waals surface area contributed by atoms with Gasteiger partial charge in [0.15, 0.2) is 5.78 Å². The highest BCUT2D eigenvalue weighted by molar-refractivity contribution is 9.10. The van der Waals surface area contributed by atoms with Crippen molar-refractivity contribution in [2.75, 3.05) is 4.90 Å². The Hall–Kier alpha value is -1.95. The number of nitrogens with zero attached hydrogens (tertiary/aromatic N) is 1. The quantitative estimate of drug-likeness (QED) is 0.732. The van der Waals surface area contributed by atoms with Crippen molar-refractivity contribution in [1.82, 2.24) is 5.32 Å². The molecule has 0 unspecified atom stereocenters. The monoisotopic (exact) mass is 402 g/mol. The molecule has 3 heterocycles. The van der Waals surface area contributed by atoms with Crippen molar-refractivity contribution >= 4 is 45.3 Å². The number of ketones is 1. The summed E-state index contributed by atoms with van der Waals surface area (Å²) in [7, 11) is 0. The standard InChI is InChI=1S/C19H19BrN2O3/c1-19(2,3)16(23)15-14-13(17(24)21-18(14)25)12-6-4-9-8-10(20)5-7-11(9)22(12)15/h4-8,12-15H,1-3H3,(H,21,24,25)/t12-,13+,14-,15-/m0/s1. The summed E-state index contributed by atoms with van der Waals surface area (Å²) in [6.45, 7) is 5.57. The number of fused-ring (bicyclic) bond motifs is 5. The summed E-state index contributed by atoms with van der Waals surface area (Å²) in [6, 6.07) is 4.94. The molecule has 5 nitrogen and oxygen atoms in total. The molecule has 4 atom stereocenters. The fourth-order valence-corrected chi connectivity index (χ4v) is 4.58. The normalized spacial score (nSPS) is 30.0. The van der Waals surface area contributed by atoms with Gasteiger partial charge in [0.05, 0.1) is 17.9 Å². The first-order valence-corrected chi connectivity index (χ1v) is 9.14. The fraction of sp³-hybridized carbons (Fsp3) is 0.421. The lowest BCUT2D eigenvalue weighted by Gasteiger charge is -2.38.